The third kappa shape index (κ3) is 6.72. The fourth-order valence-corrected chi connectivity index (χ4v) is 5.19. The van der Waals surface area contributed by atoms with E-state index in [1.807, 2.05) is 32.2 Å². The predicted octanol–water partition coefficient (Wildman–Crippen LogP) is 5.78. The number of hydrogen-bond acceptors (Lipinski definition) is 11. The first-order chi connectivity index (χ1) is 22.0. The Morgan fingerprint density at radius 1 is 0.717 bits per heavy atom. The van der Waals surface area contributed by atoms with Gasteiger partial charge >= 0.3 is 19.5 Å². The van der Waals surface area contributed by atoms with Crippen molar-refractivity contribution in [2.24, 2.45) is 0 Å². The Labute approximate surface area is 282 Å². The Hall–Kier alpha value is -5.22. The van der Waals surface area contributed by atoms with Crippen LogP contribution in [-0.2, 0) is 19.5 Å². The van der Waals surface area contributed by atoms with Gasteiger partial charge in [-0.15, -0.1) is 0 Å². The molecule has 2 fully saturated rings. The Morgan fingerprint density at radius 3 is 1.61 bits per heavy atom. The van der Waals surface area contributed by atoms with Crippen LogP contribution in [0.5, 0.6) is 0 Å². The molecule has 2 saturated carbocycles. The van der Waals surface area contributed by atoms with E-state index in [4.69, 9.17) is 50.5 Å². The summed E-state index contributed by atoms with van der Waals surface area (Å²) in [4.78, 5) is 34.4. The third-order valence-corrected chi connectivity index (χ3v) is 7.57. The number of hydrogen-bond donors (Lipinski definition) is 0. The van der Waals surface area contributed by atoms with Crippen molar-refractivity contribution >= 4 is 33.7 Å². The molecule has 8 rings (SSSR count). The van der Waals surface area contributed by atoms with E-state index in [1.165, 1.54) is 19.2 Å². The molecule has 46 heavy (non-hydrogen) atoms. The van der Waals surface area contributed by atoms with Crippen LogP contribution < -0.4 is 0 Å². The van der Waals surface area contributed by atoms with Crippen LogP contribution in [-0.4, -0.2) is 49.0 Å². The standard InChI is InChI=1S/C15H12N6.C14H12ClN5.2CN.Zn/c1-9-12(6-17-8-19-9)15-20-13-7-18-10(5-16)4-14(13)21(15)11-2-3-11;1-8-10(5-16-7-18-8)14-19-11-6-17-13(15)4-12(11)20(14)9-2-3-9;2*1-2;/h4,6-8,11H,2-3H2,1H3;4-7,9H,2-3H2,1H3;;;/q;;2*-1;+2. The second-order valence-corrected chi connectivity index (χ2v) is 10.7. The molecule has 0 radical (unpaired) electrons. The van der Waals surface area contributed by atoms with Crippen LogP contribution in [0.2, 0.25) is 5.15 Å². The normalized spacial score (nSPS) is 13.1. The Morgan fingerprint density at radius 2 is 1.17 bits per heavy atom. The van der Waals surface area contributed by atoms with Gasteiger partial charge in [-0.3, -0.25) is 0 Å². The number of rotatable bonds is 4. The minimum absolute atomic E-state index is 0. The van der Waals surface area contributed by atoms with Gasteiger partial charge in [0, 0.05) is 36.6 Å². The number of halogens is 1. The van der Waals surface area contributed by atoms with E-state index in [9.17, 15) is 0 Å². The van der Waals surface area contributed by atoms with Crippen LogP contribution in [0.4, 0.5) is 0 Å². The van der Waals surface area contributed by atoms with E-state index >= 15 is 0 Å². The molecule has 2 aliphatic rings. The first-order valence-electron chi connectivity index (χ1n) is 13.8. The SMILES string of the molecule is Cc1ncncc1-c1nc2cnc(C#N)cc2n1C1CC1.Cc1ncncc1-c1nc2cnc(Cl)cc2n1C1CC1.[C-]#N.[C-]#N.[Zn+2]. The molecule has 0 saturated heterocycles. The zero-order valence-corrected chi connectivity index (χ0v) is 28.7. The van der Waals surface area contributed by atoms with E-state index < -0.39 is 0 Å². The summed E-state index contributed by atoms with van der Waals surface area (Å²) < 4.78 is 4.44. The fourth-order valence-electron chi connectivity index (χ4n) is 5.04. The molecule has 0 unspecified atom stereocenters. The van der Waals surface area contributed by atoms with Gasteiger partial charge in [0.05, 0.1) is 45.9 Å². The summed E-state index contributed by atoms with van der Waals surface area (Å²) in [6.07, 6.45) is 14.7. The Balaban J connectivity index is 0.000000185. The molecule has 222 valence electrons. The van der Waals surface area contributed by atoms with Crippen molar-refractivity contribution in [3.63, 3.8) is 0 Å². The first-order valence-corrected chi connectivity index (χ1v) is 14.2. The molecule has 0 bridgehead atoms. The second kappa shape index (κ2) is 14.7. The van der Waals surface area contributed by atoms with Crippen LogP contribution in [0.3, 0.4) is 0 Å². The average molecular weight is 679 g/mol. The van der Waals surface area contributed by atoms with Crippen LogP contribution in [0.25, 0.3) is 44.8 Å². The number of nitrogens with zero attached hydrogens (tertiary/aromatic N) is 13. The largest absolute Gasteiger partial charge is 2.00 e. The fraction of sp³-hybridized carbons (Fsp3) is 0.258. The molecule has 2 aliphatic carbocycles. The maximum Gasteiger partial charge on any atom is 2.00 e. The summed E-state index contributed by atoms with van der Waals surface area (Å²) in [6, 6.07) is 6.71. The molecule has 0 N–H and O–H groups in total. The zero-order chi connectivity index (χ0) is 32.1. The molecular formula is C31H24ClN13Zn. The van der Waals surface area contributed by atoms with E-state index in [-0.39, 0.29) is 19.5 Å². The third-order valence-electron chi connectivity index (χ3n) is 7.36. The van der Waals surface area contributed by atoms with Gasteiger partial charge < -0.3 is 32.8 Å². The number of aromatic nitrogens is 10. The number of aryl methyl sites for hydroxylation is 2. The van der Waals surface area contributed by atoms with Gasteiger partial charge in [0.25, 0.3) is 0 Å². The number of pyridine rings is 2. The molecular weight excluding hydrogens is 655 g/mol. The van der Waals surface area contributed by atoms with Crippen molar-refractivity contribution in [2.75, 3.05) is 0 Å². The van der Waals surface area contributed by atoms with Crippen molar-refractivity contribution in [3.05, 3.63) is 85.0 Å². The maximum absolute atomic E-state index is 9.05. The van der Waals surface area contributed by atoms with Crippen LogP contribution in [0.15, 0.2) is 49.6 Å². The Bertz CT molecular complexity index is 2080. The monoisotopic (exact) mass is 677 g/mol. The average Bonchev–Trinajstić information content (AvgIpc) is 4.02. The van der Waals surface area contributed by atoms with Crippen LogP contribution >= 0.6 is 11.6 Å². The molecule has 0 spiro atoms. The van der Waals surface area contributed by atoms with Gasteiger partial charge in [0.15, 0.2) is 0 Å². The van der Waals surface area contributed by atoms with Crippen molar-refractivity contribution in [1.29, 1.82) is 15.8 Å². The van der Waals surface area contributed by atoms with Gasteiger partial charge in [-0.2, -0.15) is 5.26 Å². The number of nitriles is 1. The Kier molecular flexibility index (Phi) is 10.8. The molecule has 6 aromatic heterocycles. The molecule has 0 aromatic carbocycles. The van der Waals surface area contributed by atoms with E-state index in [1.54, 1.807) is 24.9 Å². The smallest absolute Gasteiger partial charge is 0.512 e. The zero-order valence-electron chi connectivity index (χ0n) is 25.0. The van der Waals surface area contributed by atoms with Gasteiger partial charge in [-0.25, -0.2) is 39.9 Å². The first kappa shape index (κ1) is 33.7. The molecule has 15 heteroatoms. The summed E-state index contributed by atoms with van der Waals surface area (Å²) >= 11 is 6.03. The summed E-state index contributed by atoms with van der Waals surface area (Å²) in [5, 5.41) is 22.0. The van der Waals surface area contributed by atoms with E-state index in [0.29, 0.717) is 22.9 Å². The second-order valence-electron chi connectivity index (χ2n) is 10.3. The van der Waals surface area contributed by atoms with Crippen molar-refractivity contribution < 1.29 is 19.5 Å². The quantitative estimate of drug-likeness (QED) is 0.125. The van der Waals surface area contributed by atoms with Crippen LogP contribution in [0.1, 0.15) is 54.8 Å². The molecule has 6 heterocycles. The van der Waals surface area contributed by atoms with E-state index in [2.05, 4.69) is 45.1 Å². The summed E-state index contributed by atoms with van der Waals surface area (Å²) in [5.41, 5.74) is 7.79. The van der Waals surface area contributed by atoms with Crippen LogP contribution in [0, 0.1) is 48.8 Å². The van der Waals surface area contributed by atoms with Gasteiger partial charge in [-0.1, -0.05) is 11.6 Å². The summed E-state index contributed by atoms with van der Waals surface area (Å²) in [7, 11) is 0. The molecule has 0 amide bonds. The summed E-state index contributed by atoms with van der Waals surface area (Å²) in [6.45, 7) is 13.4. The van der Waals surface area contributed by atoms with Crippen molar-refractivity contribution in [1.82, 2.24) is 49.0 Å². The molecule has 0 atom stereocenters. The number of imidazole rings is 2. The van der Waals surface area contributed by atoms with Gasteiger partial charge in [0.1, 0.15) is 52.3 Å². The van der Waals surface area contributed by atoms with Gasteiger partial charge in [-0.05, 0) is 39.5 Å². The van der Waals surface area contributed by atoms with Crippen molar-refractivity contribution in [2.45, 2.75) is 51.6 Å². The summed E-state index contributed by atoms with van der Waals surface area (Å²) in [5.74, 6) is 1.77. The minimum atomic E-state index is 0. The topological polar surface area (TPSA) is 184 Å². The predicted molar refractivity (Wildman–Crippen MR) is 163 cm³/mol. The van der Waals surface area contributed by atoms with E-state index in [0.717, 1.165) is 69.1 Å². The van der Waals surface area contributed by atoms with Gasteiger partial charge in [0.2, 0.25) is 0 Å². The van der Waals surface area contributed by atoms with Crippen molar-refractivity contribution in [3.8, 4) is 28.8 Å². The maximum atomic E-state index is 9.05. The minimum Gasteiger partial charge on any atom is -0.512 e. The number of fused-ring (bicyclic) bond motifs is 2. The molecule has 0 aliphatic heterocycles. The molecule has 13 nitrogen and oxygen atoms in total. The molecule has 6 aromatic rings.